The fourth-order valence-corrected chi connectivity index (χ4v) is 3.54. The van der Waals surface area contributed by atoms with Gasteiger partial charge in [-0.3, -0.25) is 0 Å². The fourth-order valence-electron chi connectivity index (χ4n) is 3.54. The Morgan fingerprint density at radius 1 is 0.971 bits per heavy atom. The molecule has 0 spiro atoms. The number of ether oxygens (including phenoxy) is 2. The number of carbonyl (C=O) groups excluding carboxylic acids is 2. The van der Waals surface area contributed by atoms with Crippen LogP contribution in [0.2, 0.25) is 0 Å². The van der Waals surface area contributed by atoms with E-state index in [1.165, 1.54) is 30.5 Å². The van der Waals surface area contributed by atoms with E-state index >= 15 is 0 Å². The predicted octanol–water partition coefficient (Wildman–Crippen LogP) is 3.62. The van der Waals surface area contributed by atoms with Gasteiger partial charge in [-0.2, -0.15) is 0 Å². The molecule has 2 aromatic heterocycles. The number of anilines is 1. The van der Waals surface area contributed by atoms with E-state index in [9.17, 15) is 14.0 Å². The van der Waals surface area contributed by atoms with E-state index in [0.717, 1.165) is 11.4 Å². The number of halogens is 1. The first-order valence-electron chi connectivity index (χ1n) is 11.3. The molecular weight excluding hydrogens is 453 g/mol. The van der Waals surface area contributed by atoms with E-state index in [0.29, 0.717) is 56.5 Å². The second kappa shape index (κ2) is 11.3. The van der Waals surface area contributed by atoms with Crippen LogP contribution < -0.4 is 15.0 Å². The average Bonchev–Trinajstić information content (AvgIpc) is 2.90. The van der Waals surface area contributed by atoms with Crippen LogP contribution in [-0.2, 0) is 11.3 Å². The molecule has 1 saturated heterocycles. The van der Waals surface area contributed by atoms with Gasteiger partial charge in [-0.1, -0.05) is 6.07 Å². The summed E-state index contributed by atoms with van der Waals surface area (Å²) in [6.45, 7) is 4.78. The fraction of sp³-hybridized carbons (Fsp3) is 0.280. The van der Waals surface area contributed by atoms with Gasteiger partial charge >= 0.3 is 12.0 Å². The van der Waals surface area contributed by atoms with Crippen molar-refractivity contribution in [2.45, 2.75) is 13.5 Å². The third-order valence-corrected chi connectivity index (χ3v) is 5.43. The van der Waals surface area contributed by atoms with Gasteiger partial charge in [0.25, 0.3) is 0 Å². The van der Waals surface area contributed by atoms with Crippen LogP contribution in [-0.4, -0.2) is 59.7 Å². The second-order valence-electron chi connectivity index (χ2n) is 7.82. The number of nitrogens with zero attached hydrogens (tertiary/aromatic N) is 4. The van der Waals surface area contributed by atoms with E-state index in [4.69, 9.17) is 9.47 Å². The first-order chi connectivity index (χ1) is 17.0. The van der Waals surface area contributed by atoms with Gasteiger partial charge in [0.05, 0.1) is 12.2 Å². The maximum Gasteiger partial charge on any atom is 0.339 e. The molecule has 1 aliphatic rings. The Morgan fingerprint density at radius 3 is 2.37 bits per heavy atom. The minimum Gasteiger partial charge on any atom is -0.462 e. The lowest BCUT2D eigenvalue weighted by Gasteiger charge is -2.35. The predicted molar refractivity (Wildman–Crippen MR) is 127 cm³/mol. The maximum atomic E-state index is 13.0. The van der Waals surface area contributed by atoms with E-state index < -0.39 is 5.97 Å². The summed E-state index contributed by atoms with van der Waals surface area (Å²) in [7, 11) is 0. The summed E-state index contributed by atoms with van der Waals surface area (Å²) >= 11 is 0. The number of carbonyl (C=O) groups is 2. The molecule has 1 aromatic carbocycles. The Hall–Kier alpha value is -4.21. The second-order valence-corrected chi connectivity index (χ2v) is 7.82. The summed E-state index contributed by atoms with van der Waals surface area (Å²) in [6.07, 6.45) is 3.14. The minimum atomic E-state index is -0.390. The number of hydrogen-bond donors (Lipinski definition) is 1. The van der Waals surface area contributed by atoms with Crippen molar-refractivity contribution in [3.8, 4) is 11.6 Å². The molecule has 0 bridgehead atoms. The third kappa shape index (κ3) is 6.44. The lowest BCUT2D eigenvalue weighted by molar-refractivity contribution is 0.0526. The summed E-state index contributed by atoms with van der Waals surface area (Å²) < 4.78 is 23.5. The van der Waals surface area contributed by atoms with Crippen molar-refractivity contribution in [1.82, 2.24) is 20.2 Å². The van der Waals surface area contributed by atoms with E-state index in [-0.39, 0.29) is 11.8 Å². The number of urea groups is 1. The van der Waals surface area contributed by atoms with Crippen molar-refractivity contribution in [2.24, 2.45) is 0 Å². The van der Waals surface area contributed by atoms with Crippen LogP contribution in [0.15, 0.2) is 60.9 Å². The molecule has 1 N–H and O–H groups in total. The molecule has 10 heteroatoms. The van der Waals surface area contributed by atoms with E-state index in [1.54, 1.807) is 36.2 Å². The van der Waals surface area contributed by atoms with Gasteiger partial charge in [-0.05, 0) is 48.9 Å². The normalized spacial score (nSPS) is 13.3. The number of piperazine rings is 1. The van der Waals surface area contributed by atoms with Crippen LogP contribution in [0.25, 0.3) is 0 Å². The topological polar surface area (TPSA) is 96.9 Å². The summed E-state index contributed by atoms with van der Waals surface area (Å²) in [6, 6.07) is 12.5. The largest absolute Gasteiger partial charge is 0.462 e. The summed E-state index contributed by atoms with van der Waals surface area (Å²) in [5, 5.41) is 2.91. The van der Waals surface area contributed by atoms with Crippen molar-refractivity contribution in [1.29, 1.82) is 0 Å². The molecule has 0 saturated carbocycles. The number of hydrogen-bond acceptors (Lipinski definition) is 7. The average molecular weight is 480 g/mol. The van der Waals surface area contributed by atoms with Crippen molar-refractivity contribution in [2.75, 3.05) is 37.7 Å². The van der Waals surface area contributed by atoms with Gasteiger partial charge < -0.3 is 24.6 Å². The van der Waals surface area contributed by atoms with Crippen LogP contribution in [0.3, 0.4) is 0 Å². The van der Waals surface area contributed by atoms with Gasteiger partial charge in [0.1, 0.15) is 17.4 Å². The number of rotatable bonds is 7. The number of esters is 1. The quantitative estimate of drug-likeness (QED) is 0.517. The van der Waals surface area contributed by atoms with Crippen LogP contribution in [0.4, 0.5) is 15.0 Å². The number of aromatic nitrogens is 2. The Bertz CT molecular complexity index is 1130. The number of nitrogens with one attached hydrogen (secondary N) is 1. The zero-order valence-corrected chi connectivity index (χ0v) is 19.3. The molecule has 1 aliphatic heterocycles. The number of benzene rings is 1. The molecule has 3 heterocycles. The SMILES string of the molecule is CCOC(=O)c1ccc(N2CCN(C(=O)NCc3ccc(Oc4ccc(F)cc4)nc3)CC2)nc1. The Kier molecular flexibility index (Phi) is 7.71. The highest BCUT2D eigenvalue weighted by Gasteiger charge is 2.22. The molecule has 1 fully saturated rings. The first kappa shape index (κ1) is 23.9. The highest BCUT2D eigenvalue weighted by atomic mass is 19.1. The van der Waals surface area contributed by atoms with E-state index in [1.807, 2.05) is 6.07 Å². The molecule has 4 rings (SSSR count). The lowest BCUT2D eigenvalue weighted by Crippen LogP contribution is -2.51. The first-order valence-corrected chi connectivity index (χ1v) is 11.3. The minimum absolute atomic E-state index is 0.151. The maximum absolute atomic E-state index is 13.0. The Labute approximate surface area is 202 Å². The van der Waals surface area contributed by atoms with Crippen molar-refractivity contribution < 1.29 is 23.5 Å². The number of pyridine rings is 2. The van der Waals surface area contributed by atoms with Crippen LogP contribution in [0.1, 0.15) is 22.8 Å². The molecule has 35 heavy (non-hydrogen) atoms. The molecule has 0 radical (unpaired) electrons. The highest BCUT2D eigenvalue weighted by Crippen LogP contribution is 2.20. The summed E-state index contributed by atoms with van der Waals surface area (Å²) in [5.74, 6) is 0.903. The van der Waals surface area contributed by atoms with E-state index in [2.05, 4.69) is 20.2 Å². The zero-order valence-electron chi connectivity index (χ0n) is 19.3. The summed E-state index contributed by atoms with van der Waals surface area (Å²) in [4.78, 5) is 36.8. The molecule has 182 valence electrons. The standard InChI is InChI=1S/C25H26FN5O4/c1-2-34-24(32)19-4-9-22(27-17-19)30-11-13-31(14-12-30)25(33)29-16-18-3-10-23(28-15-18)35-21-7-5-20(26)6-8-21/h3-10,15,17H,2,11-14,16H2,1H3,(H,29,33). The molecule has 0 unspecified atom stereocenters. The molecule has 0 aliphatic carbocycles. The molecule has 2 amide bonds. The third-order valence-electron chi connectivity index (χ3n) is 5.43. The Morgan fingerprint density at radius 2 is 1.74 bits per heavy atom. The van der Waals surface area contributed by atoms with Crippen molar-refractivity contribution in [3.05, 3.63) is 77.9 Å². The van der Waals surface area contributed by atoms with Crippen LogP contribution in [0.5, 0.6) is 11.6 Å². The molecule has 3 aromatic rings. The highest BCUT2D eigenvalue weighted by molar-refractivity contribution is 5.89. The van der Waals surface area contributed by atoms with Crippen LogP contribution >= 0.6 is 0 Å². The lowest BCUT2D eigenvalue weighted by atomic mass is 10.2. The van der Waals surface area contributed by atoms with Crippen LogP contribution in [0, 0.1) is 5.82 Å². The molecule has 0 atom stereocenters. The zero-order chi connectivity index (χ0) is 24.6. The van der Waals surface area contributed by atoms with Crippen molar-refractivity contribution >= 4 is 17.8 Å². The van der Waals surface area contributed by atoms with Gasteiger partial charge in [0.15, 0.2) is 0 Å². The molecule has 9 nitrogen and oxygen atoms in total. The van der Waals surface area contributed by atoms with Gasteiger partial charge in [-0.25, -0.2) is 23.9 Å². The van der Waals surface area contributed by atoms with Gasteiger partial charge in [0.2, 0.25) is 5.88 Å². The monoisotopic (exact) mass is 479 g/mol. The Balaban J connectivity index is 1.22. The smallest absolute Gasteiger partial charge is 0.339 e. The summed E-state index contributed by atoms with van der Waals surface area (Å²) in [5.41, 5.74) is 1.24. The number of amides is 2. The molecular formula is C25H26FN5O4. The van der Waals surface area contributed by atoms with Gasteiger partial charge in [-0.15, -0.1) is 0 Å². The van der Waals surface area contributed by atoms with Gasteiger partial charge in [0, 0.05) is 51.2 Å². The van der Waals surface area contributed by atoms with Crippen molar-refractivity contribution in [3.63, 3.8) is 0 Å².